The summed E-state index contributed by atoms with van der Waals surface area (Å²) in [6, 6.07) is 0. The van der Waals surface area contributed by atoms with Gasteiger partial charge in [0.25, 0.3) is 0 Å². The van der Waals surface area contributed by atoms with Crippen molar-refractivity contribution in [1.29, 1.82) is 0 Å². The molecule has 1 heterocycles. The number of nitrogens with zero attached hydrogens (tertiary/aromatic N) is 3. The highest BCUT2D eigenvalue weighted by atomic mass is 16.4. The average Bonchev–Trinajstić information content (AvgIpc) is 3.20. The van der Waals surface area contributed by atoms with Crippen LogP contribution < -0.4 is 5.11 Å². The third kappa shape index (κ3) is 14.4. The summed E-state index contributed by atoms with van der Waals surface area (Å²) in [6.45, 7) is 5.12. The maximum atomic E-state index is 11.6. The van der Waals surface area contributed by atoms with Gasteiger partial charge in [-0.3, -0.25) is 9.79 Å². The molecule has 2 N–H and O–H groups in total. The highest BCUT2D eigenvalue weighted by Crippen LogP contribution is 2.28. The molecule has 188 valence electrons. The molecule has 0 amide bonds. The number of carboxylic acid groups (broad SMARTS) is 2. The lowest BCUT2D eigenvalue weighted by molar-refractivity contribution is -0.864. The maximum Gasteiger partial charge on any atom is 0.311 e. The van der Waals surface area contributed by atoms with E-state index in [-0.39, 0.29) is 6.54 Å². The molecule has 8 heteroatoms. The van der Waals surface area contributed by atoms with Crippen LogP contribution in [0.4, 0.5) is 0 Å². The molecule has 0 saturated heterocycles. The molecule has 1 rings (SSSR count). The molecule has 0 spiro atoms. The van der Waals surface area contributed by atoms with Crippen molar-refractivity contribution in [1.82, 2.24) is 4.90 Å². The van der Waals surface area contributed by atoms with E-state index in [1.54, 1.807) is 39.3 Å². The molecule has 2 unspecified atom stereocenters. The lowest BCUT2D eigenvalue weighted by Crippen LogP contribution is -2.53. The van der Waals surface area contributed by atoms with Crippen molar-refractivity contribution < 1.29 is 29.4 Å². The third-order valence-corrected chi connectivity index (χ3v) is 5.68. The summed E-state index contributed by atoms with van der Waals surface area (Å²) >= 11 is 0. The van der Waals surface area contributed by atoms with Crippen molar-refractivity contribution in [3.8, 4) is 0 Å². The smallest absolute Gasteiger partial charge is 0.311 e. The Balaban J connectivity index is 0.00000102. The zero-order valence-corrected chi connectivity index (χ0v) is 21.0. The zero-order valence-electron chi connectivity index (χ0n) is 21.0. The Morgan fingerprint density at radius 3 is 1.91 bits per heavy atom. The predicted octanol–water partition coefficient (Wildman–Crippen LogP) is 2.49. The van der Waals surface area contributed by atoms with Crippen LogP contribution >= 0.6 is 0 Å². The van der Waals surface area contributed by atoms with E-state index < -0.39 is 23.6 Å². The number of unbranched alkanes of at least 4 members (excludes halogenated alkanes) is 9. The molecule has 0 radical (unpaired) electrons. The molecule has 2 atom stereocenters. The van der Waals surface area contributed by atoms with Gasteiger partial charge in [0.05, 0.1) is 40.0 Å². The van der Waals surface area contributed by atoms with Gasteiger partial charge >= 0.3 is 5.97 Å². The van der Waals surface area contributed by atoms with Gasteiger partial charge in [-0.1, -0.05) is 71.1 Å². The highest BCUT2D eigenvalue weighted by Gasteiger charge is 2.41. The first-order valence-corrected chi connectivity index (χ1v) is 12.1. The summed E-state index contributed by atoms with van der Waals surface area (Å²) in [7, 11) is 5.40. The van der Waals surface area contributed by atoms with Crippen molar-refractivity contribution in [3.63, 3.8) is 0 Å². The van der Waals surface area contributed by atoms with Crippen LogP contribution in [0.25, 0.3) is 0 Å². The number of likely N-dealkylation sites (N-methyl/N-ethyl adjacent to an activating group) is 1. The van der Waals surface area contributed by atoms with E-state index in [2.05, 4.69) is 11.9 Å². The normalized spacial score (nSPS) is 16.2. The number of aliphatic carboxylic acids is 2. The van der Waals surface area contributed by atoms with Crippen LogP contribution in [0.15, 0.2) is 4.99 Å². The van der Waals surface area contributed by atoms with Gasteiger partial charge in [0.15, 0.2) is 0 Å². The van der Waals surface area contributed by atoms with Crippen molar-refractivity contribution >= 4 is 18.3 Å². The van der Waals surface area contributed by atoms with E-state index in [0.29, 0.717) is 24.0 Å². The Hall–Kier alpha value is -1.67. The fourth-order valence-corrected chi connectivity index (χ4v) is 3.78. The van der Waals surface area contributed by atoms with Crippen LogP contribution in [0.5, 0.6) is 0 Å². The fourth-order valence-electron chi connectivity index (χ4n) is 3.78. The molecular weight excluding hydrogens is 410 g/mol. The molecule has 0 aliphatic carbocycles. The van der Waals surface area contributed by atoms with E-state index in [4.69, 9.17) is 0 Å². The zero-order chi connectivity index (χ0) is 24.6. The maximum absolute atomic E-state index is 11.6. The van der Waals surface area contributed by atoms with Gasteiger partial charge in [0, 0.05) is 6.54 Å². The standard InChI is InChI=1S/C19H36N2O3.C5H11NO2/c1-3-4-5-6-7-8-9-10-11-12-13-17(18(22)23)19(2,24)21-15-14-20-16-21;1-6(2,3)4-5(7)8/h16-17,24H,3-15H2,1-2H3,(H,22,23);4H2,1-3H3. The lowest BCUT2D eigenvalue weighted by Gasteiger charge is -2.37. The Morgan fingerprint density at radius 2 is 1.56 bits per heavy atom. The number of carbonyl (C=O) groups is 2. The first-order chi connectivity index (χ1) is 14.9. The third-order valence-electron chi connectivity index (χ3n) is 5.68. The topological polar surface area (TPSA) is 113 Å². The summed E-state index contributed by atoms with van der Waals surface area (Å²) in [6.07, 6.45) is 14.3. The van der Waals surface area contributed by atoms with E-state index in [9.17, 15) is 24.9 Å². The van der Waals surface area contributed by atoms with Crippen molar-refractivity contribution in [2.45, 2.75) is 90.2 Å². The van der Waals surface area contributed by atoms with E-state index in [0.717, 1.165) is 19.3 Å². The summed E-state index contributed by atoms with van der Waals surface area (Å²) < 4.78 is 0.419. The Bertz CT molecular complexity index is 558. The number of carbonyl (C=O) groups excluding carboxylic acids is 1. The lowest BCUT2D eigenvalue weighted by atomic mass is 9.90. The molecule has 0 saturated carbocycles. The number of carboxylic acids is 2. The minimum absolute atomic E-state index is 0.0694. The number of hydrogen-bond acceptors (Lipinski definition) is 6. The minimum Gasteiger partial charge on any atom is -0.544 e. The van der Waals surface area contributed by atoms with E-state index >= 15 is 0 Å². The van der Waals surface area contributed by atoms with Crippen LogP contribution in [0.2, 0.25) is 0 Å². The van der Waals surface area contributed by atoms with E-state index in [1.165, 1.54) is 44.9 Å². The number of rotatable bonds is 16. The van der Waals surface area contributed by atoms with Gasteiger partial charge in [-0.05, 0) is 13.3 Å². The Labute approximate surface area is 194 Å². The molecule has 8 nitrogen and oxygen atoms in total. The van der Waals surface area contributed by atoms with Crippen LogP contribution in [0.1, 0.15) is 84.5 Å². The summed E-state index contributed by atoms with van der Waals surface area (Å²) in [5, 5.41) is 30.0. The number of quaternary nitrogens is 1. The van der Waals surface area contributed by atoms with Gasteiger partial charge in [-0.2, -0.15) is 0 Å². The molecule has 0 bridgehead atoms. The SMILES string of the molecule is CCCCCCCCCCCCC(C(=O)O)C(C)(O)N1C=NCC1.C[N+](C)(C)CC(=O)[O-]. The number of aliphatic hydroxyl groups is 1. The Morgan fingerprint density at radius 1 is 1.06 bits per heavy atom. The average molecular weight is 458 g/mol. The van der Waals surface area contributed by atoms with Crippen molar-refractivity contribution in [2.24, 2.45) is 10.9 Å². The molecule has 32 heavy (non-hydrogen) atoms. The second kappa shape index (κ2) is 16.0. The molecule has 0 fully saturated rings. The van der Waals surface area contributed by atoms with Gasteiger partial charge in [-0.15, -0.1) is 0 Å². The van der Waals surface area contributed by atoms with Crippen LogP contribution in [-0.2, 0) is 9.59 Å². The summed E-state index contributed by atoms with van der Waals surface area (Å²) in [5.41, 5.74) is -1.36. The van der Waals surface area contributed by atoms with Gasteiger partial charge in [0.1, 0.15) is 18.2 Å². The molecule has 1 aliphatic rings. The molecule has 0 aromatic heterocycles. The molecule has 0 aromatic rings. The predicted molar refractivity (Wildman–Crippen MR) is 126 cm³/mol. The van der Waals surface area contributed by atoms with Crippen molar-refractivity contribution in [2.75, 3.05) is 40.8 Å². The van der Waals surface area contributed by atoms with Crippen LogP contribution in [0.3, 0.4) is 0 Å². The van der Waals surface area contributed by atoms with Gasteiger partial charge < -0.3 is 29.5 Å². The van der Waals surface area contributed by atoms with Crippen LogP contribution in [0, 0.1) is 5.92 Å². The fraction of sp³-hybridized carbons (Fsp3) is 0.875. The Kier molecular flexibility index (Phi) is 15.2. The quantitative estimate of drug-likeness (QED) is 0.272. The number of aliphatic imine (C=N–C) groups is 1. The minimum atomic E-state index is -1.36. The largest absolute Gasteiger partial charge is 0.544 e. The van der Waals surface area contributed by atoms with E-state index in [1.807, 2.05) is 0 Å². The summed E-state index contributed by atoms with van der Waals surface area (Å²) in [4.78, 5) is 27.2. The highest BCUT2D eigenvalue weighted by molar-refractivity contribution is 5.72. The molecular formula is C24H47N3O5. The number of hydrogen-bond donors (Lipinski definition) is 2. The first kappa shape index (κ1) is 30.3. The van der Waals surface area contributed by atoms with Gasteiger partial charge in [0.2, 0.25) is 0 Å². The van der Waals surface area contributed by atoms with Crippen molar-refractivity contribution in [3.05, 3.63) is 0 Å². The molecule has 0 aromatic carbocycles. The monoisotopic (exact) mass is 457 g/mol. The van der Waals surface area contributed by atoms with Gasteiger partial charge in [-0.25, -0.2) is 0 Å². The first-order valence-electron chi connectivity index (χ1n) is 12.1. The second-order valence-corrected chi connectivity index (χ2v) is 9.99. The van der Waals surface area contributed by atoms with Crippen LogP contribution in [-0.4, -0.2) is 84.4 Å². The second-order valence-electron chi connectivity index (χ2n) is 9.99. The molecule has 1 aliphatic heterocycles. The summed E-state index contributed by atoms with van der Waals surface area (Å²) in [5.74, 6) is -2.69.